The lowest BCUT2D eigenvalue weighted by Crippen LogP contribution is -2.64. The quantitative estimate of drug-likeness (QED) is 0.109. The van der Waals surface area contributed by atoms with Crippen molar-refractivity contribution in [1.29, 1.82) is 0 Å². The zero-order valence-corrected chi connectivity index (χ0v) is 23.5. The van der Waals surface area contributed by atoms with Gasteiger partial charge in [-0.3, -0.25) is 0 Å². The van der Waals surface area contributed by atoms with E-state index >= 15 is 0 Å². The van der Waals surface area contributed by atoms with Gasteiger partial charge in [0.15, 0.2) is 17.7 Å². The van der Waals surface area contributed by atoms with Crippen LogP contribution in [0.15, 0.2) is 36.7 Å². The van der Waals surface area contributed by atoms with Gasteiger partial charge in [-0.05, 0) is 30.7 Å². The number of hydrogen-bond donors (Lipinski definition) is 0. The van der Waals surface area contributed by atoms with Crippen molar-refractivity contribution in [3.05, 3.63) is 36.7 Å². The summed E-state index contributed by atoms with van der Waals surface area (Å²) in [6.45, 7) is -2.54. The third kappa shape index (κ3) is 9.68. The lowest BCUT2D eigenvalue weighted by atomic mass is 10.1. The average molecular weight is 696 g/mol. The highest BCUT2D eigenvalue weighted by atomic mass is 19.4. The van der Waals surface area contributed by atoms with Crippen molar-refractivity contribution in [2.45, 2.75) is 74.9 Å². The molecule has 0 bridgehead atoms. The molecule has 1 heterocycles. The van der Waals surface area contributed by atoms with E-state index in [1.165, 1.54) is 36.7 Å². The van der Waals surface area contributed by atoms with Crippen molar-refractivity contribution < 1.29 is 80.4 Å². The Bertz CT molecular complexity index is 1210. The molecule has 20 heteroatoms. The Hall–Kier alpha value is -3.16. The second-order valence-corrected chi connectivity index (χ2v) is 9.59. The van der Waals surface area contributed by atoms with Crippen LogP contribution in [0.4, 0.5) is 61.5 Å². The molecule has 1 atom stereocenters. The summed E-state index contributed by atoms with van der Waals surface area (Å²) in [6, 6.07) is 5.59. The van der Waals surface area contributed by atoms with E-state index in [9.17, 15) is 61.5 Å². The summed E-state index contributed by atoms with van der Waals surface area (Å²) in [5.41, 5.74) is 0.498. The minimum absolute atomic E-state index is 0.0162. The molecule has 2 rings (SSSR count). The van der Waals surface area contributed by atoms with E-state index in [2.05, 4.69) is 21.6 Å². The molecular formula is C26H26F14N2O4. The largest absolute Gasteiger partial charge is 0.490 e. The Morgan fingerprint density at radius 2 is 1.26 bits per heavy atom. The second kappa shape index (κ2) is 15.2. The molecule has 6 nitrogen and oxygen atoms in total. The third-order valence-electron chi connectivity index (χ3n) is 5.82. The minimum atomic E-state index is -7.75. The van der Waals surface area contributed by atoms with Crippen molar-refractivity contribution in [2.75, 3.05) is 26.4 Å². The van der Waals surface area contributed by atoms with Crippen molar-refractivity contribution in [2.24, 2.45) is 0 Å². The lowest BCUT2D eigenvalue weighted by Gasteiger charge is -2.36. The predicted octanol–water partition coefficient (Wildman–Crippen LogP) is 8.51. The molecular weight excluding hydrogens is 670 g/mol. The fourth-order valence-electron chi connectivity index (χ4n) is 3.25. The highest BCUT2D eigenvalue weighted by Crippen LogP contribution is 2.55. The molecule has 1 aromatic heterocycles. The molecule has 0 spiro atoms. The van der Waals surface area contributed by atoms with Crippen molar-refractivity contribution in [1.82, 2.24) is 9.97 Å². The van der Waals surface area contributed by atoms with Crippen LogP contribution in [0.2, 0.25) is 0 Å². The van der Waals surface area contributed by atoms with Crippen LogP contribution in [0.25, 0.3) is 11.4 Å². The molecule has 0 amide bonds. The van der Waals surface area contributed by atoms with Crippen LogP contribution in [-0.2, 0) is 9.47 Å². The number of aromatic nitrogens is 2. The average Bonchev–Trinajstić information content (AvgIpc) is 2.95. The fraction of sp³-hybridized carbons (Fsp3) is 0.615. The van der Waals surface area contributed by atoms with E-state index in [4.69, 9.17) is 9.47 Å². The first-order chi connectivity index (χ1) is 21.1. The molecule has 0 saturated carbocycles. The summed E-state index contributed by atoms with van der Waals surface area (Å²) in [7, 11) is 0. The van der Waals surface area contributed by atoms with Gasteiger partial charge in [0.05, 0.1) is 25.6 Å². The summed E-state index contributed by atoms with van der Waals surface area (Å²) in [5.74, 6) is -20.7. The van der Waals surface area contributed by atoms with E-state index < -0.39 is 62.2 Å². The zero-order valence-electron chi connectivity index (χ0n) is 23.5. The lowest BCUT2D eigenvalue weighted by molar-refractivity contribution is -0.503. The maximum absolute atomic E-state index is 14.0. The third-order valence-corrected chi connectivity index (χ3v) is 5.82. The Morgan fingerprint density at radius 3 is 1.80 bits per heavy atom. The van der Waals surface area contributed by atoms with E-state index in [0.29, 0.717) is 23.7 Å². The van der Waals surface area contributed by atoms with Crippen LogP contribution in [0.3, 0.4) is 0 Å². The number of ether oxygens (including phenoxy) is 4. The number of unbranched alkanes of at least 4 members (excludes halogenated alkanes) is 3. The number of benzene rings is 1. The molecule has 2 aromatic rings. The second-order valence-electron chi connectivity index (χ2n) is 9.59. The molecule has 0 aliphatic carbocycles. The molecule has 0 aliphatic rings. The topological polar surface area (TPSA) is 62.7 Å². The molecule has 0 N–H and O–H groups in total. The molecule has 0 aliphatic heterocycles. The summed E-state index contributed by atoms with van der Waals surface area (Å²) in [4.78, 5) is 8.31. The number of alkyl halides is 14. The van der Waals surface area contributed by atoms with E-state index in [-0.39, 0.29) is 5.75 Å². The first-order valence-corrected chi connectivity index (χ1v) is 13.1. The molecule has 0 radical (unpaired) electrons. The molecule has 46 heavy (non-hydrogen) atoms. The van der Waals surface area contributed by atoms with Crippen molar-refractivity contribution >= 4 is 0 Å². The number of hydrogen-bond acceptors (Lipinski definition) is 6. The highest BCUT2D eigenvalue weighted by molar-refractivity contribution is 5.56. The predicted molar refractivity (Wildman–Crippen MR) is 130 cm³/mol. The van der Waals surface area contributed by atoms with E-state index in [1.807, 2.05) is 4.74 Å². The zero-order chi connectivity index (χ0) is 35.0. The normalized spacial score (nSPS) is 14.3. The molecule has 262 valence electrons. The van der Waals surface area contributed by atoms with Gasteiger partial charge in [0.1, 0.15) is 19.0 Å². The summed E-state index contributed by atoms with van der Waals surface area (Å²) < 4.78 is 199. The summed E-state index contributed by atoms with van der Waals surface area (Å²) >= 11 is 0. The highest BCUT2D eigenvalue weighted by Gasteiger charge is 2.84. The molecule has 0 fully saturated rings. The van der Waals surface area contributed by atoms with Gasteiger partial charge in [0.25, 0.3) is 0 Å². The fourth-order valence-corrected chi connectivity index (χ4v) is 3.25. The smallest absolute Gasteiger partial charge is 0.460 e. The summed E-state index contributed by atoms with van der Waals surface area (Å²) in [6.07, 6.45) is -17.0. The van der Waals surface area contributed by atoms with Crippen LogP contribution < -0.4 is 9.47 Å². The number of nitrogens with zero attached hydrogens (tertiary/aromatic N) is 2. The SMILES string of the molecule is CCCCCCOc1cnc(-c2ccc(OC[C@@H](F)COCC(F)(F)C(F)(F)OC(F)(F)C(F)(F)C(F)(F)C(F)(F)F)cc2)nc1. The van der Waals surface area contributed by atoms with Gasteiger partial charge in [-0.25, -0.2) is 19.1 Å². The van der Waals surface area contributed by atoms with Crippen molar-refractivity contribution in [3.63, 3.8) is 0 Å². The van der Waals surface area contributed by atoms with Crippen LogP contribution in [0, 0.1) is 0 Å². The maximum atomic E-state index is 14.0. The Balaban J connectivity index is 1.86. The van der Waals surface area contributed by atoms with Gasteiger partial charge in [-0.15, -0.1) is 0 Å². The number of rotatable bonds is 19. The molecule has 0 saturated heterocycles. The Kier molecular flexibility index (Phi) is 12.9. The minimum Gasteiger partial charge on any atom is -0.490 e. The van der Waals surface area contributed by atoms with E-state index in [0.717, 1.165) is 25.7 Å². The standard InChI is InChI=1S/C26H26F14N2O4/c1-2-3-4-5-10-44-19-11-41-20(42-12-19)16-6-8-18(9-7-16)45-14-17(27)13-43-15-21(28,29)25(37,38)46-26(39,40)23(32,33)22(30,31)24(34,35)36/h6-9,11-12,17H,2-5,10,13-15H2,1H3/t17-/m0/s1. The van der Waals surface area contributed by atoms with Crippen LogP contribution in [0.5, 0.6) is 11.5 Å². The molecule has 0 unspecified atom stereocenters. The van der Waals surface area contributed by atoms with Crippen LogP contribution in [-0.4, -0.2) is 78.7 Å². The Morgan fingerprint density at radius 1 is 0.674 bits per heavy atom. The van der Waals surface area contributed by atoms with Crippen LogP contribution in [0.1, 0.15) is 32.6 Å². The van der Waals surface area contributed by atoms with Gasteiger partial charge >= 0.3 is 36.2 Å². The first kappa shape index (κ1) is 39.0. The van der Waals surface area contributed by atoms with Gasteiger partial charge < -0.3 is 14.2 Å². The maximum Gasteiger partial charge on any atom is 0.460 e. The van der Waals surface area contributed by atoms with Gasteiger partial charge in [-0.2, -0.15) is 57.1 Å². The Labute approximate surface area is 252 Å². The van der Waals surface area contributed by atoms with Gasteiger partial charge in [-0.1, -0.05) is 26.2 Å². The summed E-state index contributed by atoms with van der Waals surface area (Å²) in [5, 5.41) is 0. The monoisotopic (exact) mass is 696 g/mol. The van der Waals surface area contributed by atoms with Gasteiger partial charge in [0, 0.05) is 5.56 Å². The number of halogens is 14. The molecule has 1 aromatic carbocycles. The van der Waals surface area contributed by atoms with Crippen LogP contribution >= 0.6 is 0 Å². The van der Waals surface area contributed by atoms with E-state index in [1.54, 1.807) is 0 Å². The van der Waals surface area contributed by atoms with Gasteiger partial charge in [0.2, 0.25) is 0 Å². The van der Waals surface area contributed by atoms with Crippen molar-refractivity contribution in [3.8, 4) is 22.9 Å². The first-order valence-electron chi connectivity index (χ1n) is 13.1.